The number of nitrogens with zero attached hydrogens (tertiary/aromatic N) is 3. The van der Waals surface area contributed by atoms with Gasteiger partial charge in [-0.1, -0.05) is 6.07 Å². The van der Waals surface area contributed by atoms with E-state index in [2.05, 4.69) is 4.90 Å². The van der Waals surface area contributed by atoms with Gasteiger partial charge in [0.05, 0.1) is 18.3 Å². The third-order valence-electron chi connectivity index (χ3n) is 5.29. The molecular weight excluding hydrogens is 370 g/mol. The normalized spacial score (nSPS) is 16.1. The minimum Gasteiger partial charge on any atom is -0.467 e. The van der Waals surface area contributed by atoms with E-state index in [-0.39, 0.29) is 6.54 Å². The van der Waals surface area contributed by atoms with Crippen molar-refractivity contribution >= 4 is 23.6 Å². The van der Waals surface area contributed by atoms with Gasteiger partial charge < -0.3 is 23.7 Å². The second-order valence-corrected chi connectivity index (χ2v) is 7.06. The molecule has 0 bridgehead atoms. The minimum absolute atomic E-state index is 0.0185. The molecule has 1 fully saturated rings. The zero-order valence-corrected chi connectivity index (χ0v) is 15.5. The van der Waals surface area contributed by atoms with Crippen molar-refractivity contribution in [1.82, 2.24) is 9.38 Å². The standard InChI is InChI=1S/C19H21BF3N3O2/c1-20(27)25-9-7-24(8-10-25)16-5-2-6-17-15(16)12-18(19(21,22)23)26(17)13-14-4-3-11-28-14/h2-6,11-12,27H,7-10,13H2,1H3. The molecule has 0 radical (unpaired) electrons. The number of piperazine rings is 1. The van der Waals surface area contributed by atoms with Crippen LogP contribution in [0.5, 0.6) is 0 Å². The van der Waals surface area contributed by atoms with Crippen molar-refractivity contribution in [3.05, 3.63) is 54.1 Å². The van der Waals surface area contributed by atoms with Crippen LogP contribution in [0.2, 0.25) is 6.82 Å². The molecule has 1 aliphatic rings. The number of anilines is 1. The van der Waals surface area contributed by atoms with Gasteiger partial charge in [-0.2, -0.15) is 13.2 Å². The molecule has 0 amide bonds. The Morgan fingerprint density at radius 2 is 1.86 bits per heavy atom. The van der Waals surface area contributed by atoms with Crippen LogP contribution in [0, 0.1) is 0 Å². The van der Waals surface area contributed by atoms with Gasteiger partial charge in [0.25, 0.3) is 0 Å². The van der Waals surface area contributed by atoms with Gasteiger partial charge in [0.2, 0.25) is 0 Å². The first kappa shape index (κ1) is 19.0. The summed E-state index contributed by atoms with van der Waals surface area (Å²) in [6.07, 6.45) is -3.00. The lowest BCUT2D eigenvalue weighted by atomic mass is 9.84. The molecule has 0 unspecified atom stereocenters. The summed E-state index contributed by atoms with van der Waals surface area (Å²) in [6, 6.07) is 9.93. The number of hydrogen-bond donors (Lipinski definition) is 1. The summed E-state index contributed by atoms with van der Waals surface area (Å²) in [7, 11) is -0.524. The maximum absolute atomic E-state index is 13.7. The number of benzene rings is 1. The molecule has 9 heteroatoms. The topological polar surface area (TPSA) is 44.8 Å². The highest BCUT2D eigenvalue weighted by Gasteiger charge is 2.36. The van der Waals surface area contributed by atoms with Gasteiger partial charge in [-0.15, -0.1) is 0 Å². The molecule has 148 valence electrons. The van der Waals surface area contributed by atoms with Gasteiger partial charge in [0.15, 0.2) is 0 Å². The quantitative estimate of drug-likeness (QED) is 0.692. The van der Waals surface area contributed by atoms with Crippen LogP contribution >= 0.6 is 0 Å². The summed E-state index contributed by atoms with van der Waals surface area (Å²) in [5.41, 5.74) is 0.625. The van der Waals surface area contributed by atoms with Crippen LogP contribution in [0.3, 0.4) is 0 Å². The van der Waals surface area contributed by atoms with Gasteiger partial charge in [-0.05, 0) is 37.2 Å². The van der Waals surface area contributed by atoms with E-state index in [1.165, 1.54) is 16.9 Å². The molecule has 1 saturated heterocycles. The third kappa shape index (κ3) is 3.52. The second-order valence-electron chi connectivity index (χ2n) is 7.06. The van der Waals surface area contributed by atoms with E-state index in [0.717, 1.165) is 5.69 Å². The summed E-state index contributed by atoms with van der Waals surface area (Å²) in [4.78, 5) is 4.03. The molecule has 2 aromatic heterocycles. The molecule has 1 aliphatic heterocycles. The first-order chi connectivity index (χ1) is 13.3. The second kappa shape index (κ2) is 7.22. The largest absolute Gasteiger partial charge is 0.467 e. The van der Waals surface area contributed by atoms with Gasteiger partial charge >= 0.3 is 13.2 Å². The Hall–Kier alpha value is -2.39. The van der Waals surface area contributed by atoms with E-state index >= 15 is 0 Å². The van der Waals surface area contributed by atoms with Crippen LogP contribution in [0.1, 0.15) is 11.5 Å². The number of furan rings is 1. The van der Waals surface area contributed by atoms with Crippen molar-refractivity contribution in [2.75, 3.05) is 31.1 Å². The maximum Gasteiger partial charge on any atom is 0.431 e. The average Bonchev–Trinajstić information content (AvgIpc) is 3.30. The summed E-state index contributed by atoms with van der Waals surface area (Å²) >= 11 is 0. The van der Waals surface area contributed by atoms with Crippen molar-refractivity contribution in [3.63, 3.8) is 0 Å². The SMILES string of the molecule is CB(O)N1CCN(c2cccc3c2cc(C(F)(F)F)n3Cc2ccco2)CC1. The molecule has 3 aromatic rings. The number of hydrogen-bond acceptors (Lipinski definition) is 4. The van der Waals surface area contributed by atoms with Crippen molar-refractivity contribution < 1.29 is 22.6 Å². The highest BCUT2D eigenvalue weighted by molar-refractivity contribution is 6.45. The Morgan fingerprint density at radius 1 is 1.11 bits per heavy atom. The highest BCUT2D eigenvalue weighted by atomic mass is 19.4. The predicted molar refractivity (Wildman–Crippen MR) is 102 cm³/mol. The molecule has 4 rings (SSSR count). The van der Waals surface area contributed by atoms with Crippen LogP contribution < -0.4 is 4.90 Å². The van der Waals surface area contributed by atoms with Crippen molar-refractivity contribution in [2.45, 2.75) is 19.5 Å². The lowest BCUT2D eigenvalue weighted by molar-refractivity contribution is -0.143. The number of halogens is 3. The highest BCUT2D eigenvalue weighted by Crippen LogP contribution is 2.38. The zero-order valence-electron chi connectivity index (χ0n) is 15.5. The van der Waals surface area contributed by atoms with Crippen molar-refractivity contribution in [3.8, 4) is 0 Å². The van der Waals surface area contributed by atoms with E-state index in [9.17, 15) is 18.2 Å². The summed E-state index contributed by atoms with van der Waals surface area (Å²) in [6.45, 7) is 4.36. The summed E-state index contributed by atoms with van der Waals surface area (Å²) in [5.74, 6) is 0.471. The molecule has 0 aliphatic carbocycles. The average molecular weight is 391 g/mol. The van der Waals surface area contributed by atoms with E-state index in [1.54, 1.807) is 31.1 Å². The first-order valence-electron chi connectivity index (χ1n) is 9.23. The smallest absolute Gasteiger partial charge is 0.431 e. The summed E-state index contributed by atoms with van der Waals surface area (Å²) in [5, 5.41) is 10.3. The monoisotopic (exact) mass is 391 g/mol. The van der Waals surface area contributed by atoms with Gasteiger partial charge in [0, 0.05) is 37.3 Å². The molecule has 28 heavy (non-hydrogen) atoms. The van der Waals surface area contributed by atoms with Crippen LogP contribution in [0.15, 0.2) is 47.1 Å². The Kier molecular flexibility index (Phi) is 4.88. The van der Waals surface area contributed by atoms with Crippen LogP contribution in [-0.2, 0) is 12.7 Å². The molecule has 1 N–H and O–H groups in total. The lowest BCUT2D eigenvalue weighted by Gasteiger charge is -2.37. The van der Waals surface area contributed by atoms with E-state index in [4.69, 9.17) is 4.42 Å². The van der Waals surface area contributed by atoms with Gasteiger partial charge in [0.1, 0.15) is 11.5 Å². The molecule has 0 saturated carbocycles. The van der Waals surface area contributed by atoms with Crippen LogP contribution in [-0.4, -0.2) is 47.6 Å². The predicted octanol–water partition coefficient (Wildman–Crippen LogP) is 3.53. The number of fused-ring (bicyclic) bond motifs is 1. The number of aromatic nitrogens is 1. The van der Waals surface area contributed by atoms with E-state index in [0.29, 0.717) is 42.8 Å². The Balaban J connectivity index is 1.75. The Morgan fingerprint density at radius 3 is 2.46 bits per heavy atom. The van der Waals surface area contributed by atoms with Crippen LogP contribution in [0.4, 0.5) is 18.9 Å². The first-order valence-corrected chi connectivity index (χ1v) is 9.23. The lowest BCUT2D eigenvalue weighted by Crippen LogP contribution is -2.51. The van der Waals surface area contributed by atoms with Crippen molar-refractivity contribution in [1.29, 1.82) is 0 Å². The van der Waals surface area contributed by atoms with E-state index < -0.39 is 18.9 Å². The fourth-order valence-corrected chi connectivity index (χ4v) is 3.84. The third-order valence-corrected chi connectivity index (χ3v) is 5.29. The minimum atomic E-state index is -4.46. The Bertz CT molecular complexity index is 945. The van der Waals surface area contributed by atoms with E-state index in [1.807, 2.05) is 10.9 Å². The molecule has 1 aromatic carbocycles. The fraction of sp³-hybridized carbons (Fsp3) is 0.368. The zero-order chi connectivity index (χ0) is 19.9. The molecule has 0 atom stereocenters. The van der Waals surface area contributed by atoms with Gasteiger partial charge in [-0.25, -0.2) is 0 Å². The van der Waals surface area contributed by atoms with Gasteiger partial charge in [-0.3, -0.25) is 0 Å². The van der Waals surface area contributed by atoms with Crippen LogP contribution in [0.25, 0.3) is 10.9 Å². The summed E-state index contributed by atoms with van der Waals surface area (Å²) < 4.78 is 47.7. The molecule has 3 heterocycles. The van der Waals surface area contributed by atoms with Crippen molar-refractivity contribution in [2.24, 2.45) is 0 Å². The fourth-order valence-electron chi connectivity index (χ4n) is 3.84. The molecule has 0 spiro atoms. The molecule has 5 nitrogen and oxygen atoms in total. The molecular formula is C19H21BF3N3O2. The number of alkyl halides is 3. The Labute approximate surface area is 161 Å². The maximum atomic E-state index is 13.7. The number of rotatable bonds is 4.